The van der Waals surface area contributed by atoms with E-state index >= 15 is 0 Å². The molecule has 0 aliphatic carbocycles. The van der Waals surface area contributed by atoms with Gasteiger partial charge in [-0.1, -0.05) is 48.5 Å². The van der Waals surface area contributed by atoms with Crippen molar-refractivity contribution in [2.24, 2.45) is 0 Å². The van der Waals surface area contributed by atoms with Gasteiger partial charge in [0.25, 0.3) is 0 Å². The zero-order valence-corrected chi connectivity index (χ0v) is 14.8. The zero-order chi connectivity index (χ0) is 18.5. The normalized spacial score (nSPS) is 10.5. The third kappa shape index (κ3) is 3.81. The topological polar surface area (TPSA) is 76.7 Å². The molecule has 0 atom stereocenters. The molecule has 2 aromatic carbocycles. The minimum atomic E-state index is -0.621. The van der Waals surface area contributed by atoms with E-state index in [1.165, 1.54) is 13.2 Å². The van der Waals surface area contributed by atoms with Gasteiger partial charge >= 0.3 is 11.6 Å². The van der Waals surface area contributed by atoms with Gasteiger partial charge in [-0.25, -0.2) is 9.59 Å². The van der Waals surface area contributed by atoms with Crippen molar-refractivity contribution in [1.29, 1.82) is 0 Å². The van der Waals surface area contributed by atoms with Crippen LogP contribution in [-0.2, 0) is 10.5 Å². The highest BCUT2D eigenvalue weighted by Gasteiger charge is 2.16. The van der Waals surface area contributed by atoms with Crippen LogP contribution in [-0.4, -0.2) is 18.2 Å². The number of aromatic hydroxyl groups is 1. The first-order valence-electron chi connectivity index (χ1n) is 7.81. The van der Waals surface area contributed by atoms with Crippen LogP contribution in [0.4, 0.5) is 0 Å². The summed E-state index contributed by atoms with van der Waals surface area (Å²) in [4.78, 5) is 24.2. The van der Waals surface area contributed by atoms with Crippen LogP contribution in [0.2, 0.25) is 0 Å². The average molecular weight is 368 g/mol. The van der Waals surface area contributed by atoms with Crippen LogP contribution in [0.3, 0.4) is 0 Å². The van der Waals surface area contributed by atoms with Crippen molar-refractivity contribution in [2.75, 3.05) is 7.11 Å². The Balaban J connectivity index is 1.86. The van der Waals surface area contributed by atoms with E-state index in [1.807, 2.05) is 18.2 Å². The van der Waals surface area contributed by atoms with Gasteiger partial charge in [0.2, 0.25) is 0 Å². The summed E-state index contributed by atoms with van der Waals surface area (Å²) in [6.45, 7) is 0. The van der Waals surface area contributed by atoms with E-state index in [1.54, 1.807) is 36.4 Å². The molecule has 3 aromatic rings. The lowest BCUT2D eigenvalue weighted by atomic mass is 10.1. The lowest BCUT2D eigenvalue weighted by Crippen LogP contribution is -2.06. The van der Waals surface area contributed by atoms with Crippen LogP contribution in [0.5, 0.6) is 5.75 Å². The molecule has 26 heavy (non-hydrogen) atoms. The van der Waals surface area contributed by atoms with Crippen molar-refractivity contribution in [3.05, 3.63) is 82.2 Å². The fourth-order valence-electron chi connectivity index (χ4n) is 2.45. The smallest absolute Gasteiger partial charge is 0.353 e. The predicted octanol–water partition coefficient (Wildman–Crippen LogP) is 4.09. The van der Waals surface area contributed by atoms with Crippen molar-refractivity contribution >= 4 is 17.7 Å². The Kier molecular flexibility index (Phi) is 5.43. The summed E-state index contributed by atoms with van der Waals surface area (Å²) in [5.74, 6) is 0.0128. The second-order valence-corrected chi connectivity index (χ2v) is 6.40. The maximum atomic E-state index is 12.3. The number of rotatable bonds is 5. The molecule has 0 aliphatic heterocycles. The molecule has 1 aromatic heterocycles. The summed E-state index contributed by atoms with van der Waals surface area (Å²) in [7, 11) is 1.31. The highest BCUT2D eigenvalue weighted by molar-refractivity contribution is 7.98. The molecule has 0 aliphatic rings. The van der Waals surface area contributed by atoms with E-state index in [9.17, 15) is 14.7 Å². The third-order valence-electron chi connectivity index (χ3n) is 3.74. The van der Waals surface area contributed by atoms with E-state index in [4.69, 9.17) is 9.15 Å². The number of hydrogen-bond acceptors (Lipinski definition) is 6. The van der Waals surface area contributed by atoms with Gasteiger partial charge in [-0.15, -0.1) is 11.8 Å². The molecule has 0 saturated carbocycles. The Labute approximate surface area is 154 Å². The summed E-state index contributed by atoms with van der Waals surface area (Å²) in [5.41, 5.74) is 1.21. The second kappa shape index (κ2) is 7.93. The molecule has 0 saturated heterocycles. The summed E-state index contributed by atoms with van der Waals surface area (Å²) in [6, 6.07) is 17.4. The lowest BCUT2D eigenvalue weighted by Gasteiger charge is -2.08. The van der Waals surface area contributed by atoms with E-state index < -0.39 is 11.6 Å². The molecule has 3 rings (SSSR count). The van der Waals surface area contributed by atoms with Crippen LogP contribution in [0.1, 0.15) is 15.9 Å². The van der Waals surface area contributed by atoms with Crippen LogP contribution in [0.15, 0.2) is 74.8 Å². The van der Waals surface area contributed by atoms with Gasteiger partial charge in [0.1, 0.15) is 16.4 Å². The van der Waals surface area contributed by atoms with E-state index in [2.05, 4.69) is 0 Å². The highest BCUT2D eigenvalue weighted by Crippen LogP contribution is 2.32. The Morgan fingerprint density at radius 3 is 2.50 bits per heavy atom. The number of methoxy groups -OCH3 is 1. The molecule has 0 radical (unpaired) electrons. The van der Waals surface area contributed by atoms with E-state index in [0.29, 0.717) is 28.2 Å². The Hall–Kier alpha value is -2.99. The SMILES string of the molecule is COC(=O)c1ccccc1CSc1c(O)cc(-c2ccccc2)oc1=O. The number of thioether (sulfide) groups is 1. The van der Waals surface area contributed by atoms with Crippen LogP contribution >= 0.6 is 11.8 Å². The zero-order valence-electron chi connectivity index (χ0n) is 14.0. The van der Waals surface area contributed by atoms with Crippen molar-refractivity contribution < 1.29 is 19.1 Å². The molecule has 132 valence electrons. The van der Waals surface area contributed by atoms with Gasteiger partial charge in [-0.3, -0.25) is 0 Å². The molecule has 0 fully saturated rings. The largest absolute Gasteiger partial charge is 0.506 e. The van der Waals surface area contributed by atoms with Crippen LogP contribution < -0.4 is 5.63 Å². The first-order chi connectivity index (χ1) is 12.6. The quantitative estimate of drug-likeness (QED) is 0.540. The minimum Gasteiger partial charge on any atom is -0.506 e. The Morgan fingerprint density at radius 2 is 1.81 bits per heavy atom. The Bertz CT molecular complexity index is 979. The molecule has 1 heterocycles. The number of carbonyl (C=O) groups excluding carboxylic acids is 1. The van der Waals surface area contributed by atoms with Crippen molar-refractivity contribution in [3.8, 4) is 17.1 Å². The number of hydrogen-bond donors (Lipinski definition) is 1. The lowest BCUT2D eigenvalue weighted by molar-refractivity contribution is 0.0600. The van der Waals surface area contributed by atoms with Crippen LogP contribution in [0, 0.1) is 0 Å². The summed E-state index contributed by atoms with van der Waals surface area (Å²) < 4.78 is 10.1. The van der Waals surface area contributed by atoms with Gasteiger partial charge in [-0.2, -0.15) is 0 Å². The predicted molar refractivity (Wildman–Crippen MR) is 99.4 cm³/mol. The van der Waals surface area contributed by atoms with Crippen molar-refractivity contribution in [1.82, 2.24) is 0 Å². The molecule has 0 bridgehead atoms. The fraction of sp³-hybridized carbons (Fsp3) is 0.100. The molecular weight excluding hydrogens is 352 g/mol. The molecule has 1 N–H and O–H groups in total. The minimum absolute atomic E-state index is 0.101. The van der Waals surface area contributed by atoms with Crippen LogP contribution in [0.25, 0.3) is 11.3 Å². The highest BCUT2D eigenvalue weighted by atomic mass is 32.2. The maximum absolute atomic E-state index is 12.3. The van der Waals surface area contributed by atoms with Gasteiger partial charge in [-0.05, 0) is 11.6 Å². The van der Waals surface area contributed by atoms with Crippen molar-refractivity contribution in [3.63, 3.8) is 0 Å². The van der Waals surface area contributed by atoms with Gasteiger partial charge in [0.05, 0.1) is 12.7 Å². The number of carbonyl (C=O) groups is 1. The van der Waals surface area contributed by atoms with Gasteiger partial charge < -0.3 is 14.3 Å². The molecule has 6 heteroatoms. The average Bonchev–Trinajstić information content (AvgIpc) is 2.67. The summed E-state index contributed by atoms with van der Waals surface area (Å²) in [6.07, 6.45) is 0. The molecule has 0 unspecified atom stereocenters. The second-order valence-electron chi connectivity index (χ2n) is 5.42. The fourth-order valence-corrected chi connectivity index (χ4v) is 3.37. The standard InChI is InChI=1S/C20H16O5S/c1-24-19(22)15-10-6-5-9-14(15)12-26-18-16(21)11-17(25-20(18)23)13-7-3-2-4-8-13/h2-11,21H,12H2,1H3. The van der Waals surface area contributed by atoms with E-state index in [-0.39, 0.29) is 10.6 Å². The number of benzene rings is 2. The monoisotopic (exact) mass is 368 g/mol. The van der Waals surface area contributed by atoms with Gasteiger partial charge in [0, 0.05) is 17.4 Å². The number of esters is 1. The number of ether oxygens (including phenoxy) is 1. The Morgan fingerprint density at radius 1 is 1.12 bits per heavy atom. The third-order valence-corrected chi connectivity index (χ3v) is 4.86. The molecular formula is C20H16O5S. The van der Waals surface area contributed by atoms with Gasteiger partial charge in [0.15, 0.2) is 0 Å². The van der Waals surface area contributed by atoms with Crippen molar-refractivity contribution in [2.45, 2.75) is 10.6 Å². The molecule has 0 amide bonds. The van der Waals surface area contributed by atoms with E-state index in [0.717, 1.165) is 11.8 Å². The summed E-state index contributed by atoms with van der Waals surface area (Å²) >= 11 is 1.11. The molecule has 0 spiro atoms. The summed E-state index contributed by atoms with van der Waals surface area (Å²) in [5, 5.41) is 10.3. The maximum Gasteiger partial charge on any atom is 0.353 e. The first kappa shape index (κ1) is 17.8. The molecule has 5 nitrogen and oxygen atoms in total. The first-order valence-corrected chi connectivity index (χ1v) is 8.80.